The highest BCUT2D eigenvalue weighted by molar-refractivity contribution is 8.22. The molecule has 1 atom stereocenters. The van der Waals surface area contributed by atoms with E-state index in [1.165, 1.54) is 16.8 Å². The van der Waals surface area contributed by atoms with Crippen molar-refractivity contribution in [3.63, 3.8) is 0 Å². The van der Waals surface area contributed by atoms with Crippen LogP contribution in [0.1, 0.15) is 17.5 Å². The highest BCUT2D eigenvalue weighted by Crippen LogP contribution is 2.40. The maximum absolute atomic E-state index is 5.96. The third-order valence-corrected chi connectivity index (χ3v) is 6.65. The second-order valence-electron chi connectivity index (χ2n) is 6.94. The SMILES string of the molecule is CN(C)C1=CCC(Cc2ccccc2)(C(=S)SCc2ccccc2)C=C1. The summed E-state index contributed by atoms with van der Waals surface area (Å²) in [5.74, 6) is 0.925. The van der Waals surface area contributed by atoms with Gasteiger partial charge < -0.3 is 4.90 Å². The molecule has 0 bridgehead atoms. The predicted molar refractivity (Wildman–Crippen MR) is 118 cm³/mol. The standard InChI is InChI=1S/C23H25NS2/c1-24(2)21-13-15-23(16-14-21,17-19-9-5-3-6-10-19)22(25)26-18-20-11-7-4-8-12-20/h3-15H,16-18H2,1-2H3. The van der Waals surface area contributed by atoms with Gasteiger partial charge in [-0.15, -0.1) is 11.8 Å². The monoisotopic (exact) mass is 379 g/mol. The molecule has 1 aliphatic carbocycles. The van der Waals surface area contributed by atoms with Crippen molar-refractivity contribution < 1.29 is 0 Å². The smallest absolute Gasteiger partial charge is 0.0588 e. The van der Waals surface area contributed by atoms with Crippen molar-refractivity contribution in [1.82, 2.24) is 4.90 Å². The summed E-state index contributed by atoms with van der Waals surface area (Å²) in [5.41, 5.74) is 3.81. The van der Waals surface area contributed by atoms with Gasteiger partial charge in [-0.1, -0.05) is 85.0 Å². The maximum atomic E-state index is 5.96. The Morgan fingerprint density at radius 3 is 2.15 bits per heavy atom. The van der Waals surface area contributed by atoms with Crippen LogP contribution in [0.5, 0.6) is 0 Å². The van der Waals surface area contributed by atoms with Gasteiger partial charge in [-0.05, 0) is 30.0 Å². The van der Waals surface area contributed by atoms with Gasteiger partial charge in [0.15, 0.2) is 0 Å². The minimum atomic E-state index is -0.102. The topological polar surface area (TPSA) is 3.24 Å². The van der Waals surface area contributed by atoms with Crippen molar-refractivity contribution in [2.24, 2.45) is 5.41 Å². The van der Waals surface area contributed by atoms with Crippen LogP contribution in [-0.2, 0) is 12.2 Å². The molecule has 2 aromatic carbocycles. The number of thioether (sulfide) groups is 1. The Kier molecular flexibility index (Phi) is 6.33. The van der Waals surface area contributed by atoms with Crippen LogP contribution in [0.3, 0.4) is 0 Å². The fraction of sp³-hybridized carbons (Fsp3) is 0.261. The number of likely N-dealkylation sites (N-methyl/N-ethyl adjacent to an activating group) is 1. The lowest BCUT2D eigenvalue weighted by Gasteiger charge is -2.34. The van der Waals surface area contributed by atoms with Crippen LogP contribution in [-0.4, -0.2) is 23.2 Å². The van der Waals surface area contributed by atoms with Crippen molar-refractivity contribution in [2.75, 3.05) is 14.1 Å². The van der Waals surface area contributed by atoms with Crippen molar-refractivity contribution in [1.29, 1.82) is 0 Å². The van der Waals surface area contributed by atoms with Crippen LogP contribution < -0.4 is 0 Å². The van der Waals surface area contributed by atoms with Crippen LogP contribution in [0.15, 0.2) is 84.6 Å². The van der Waals surface area contributed by atoms with Crippen molar-refractivity contribution in [3.8, 4) is 0 Å². The lowest BCUT2D eigenvalue weighted by atomic mass is 9.77. The maximum Gasteiger partial charge on any atom is 0.0588 e. The minimum Gasteiger partial charge on any atom is -0.378 e. The van der Waals surface area contributed by atoms with Gasteiger partial charge in [0, 0.05) is 31.0 Å². The Morgan fingerprint density at radius 1 is 1.00 bits per heavy atom. The summed E-state index contributed by atoms with van der Waals surface area (Å²) >= 11 is 7.76. The Morgan fingerprint density at radius 2 is 1.62 bits per heavy atom. The molecule has 0 N–H and O–H groups in total. The number of hydrogen-bond donors (Lipinski definition) is 0. The molecule has 1 aliphatic rings. The lowest BCUT2D eigenvalue weighted by molar-refractivity contribution is 0.489. The molecular weight excluding hydrogens is 354 g/mol. The van der Waals surface area contributed by atoms with Crippen LogP contribution in [0, 0.1) is 5.41 Å². The summed E-state index contributed by atoms with van der Waals surface area (Å²) in [5, 5.41) is 0. The average Bonchev–Trinajstić information content (AvgIpc) is 2.68. The highest BCUT2D eigenvalue weighted by atomic mass is 32.2. The third kappa shape index (κ3) is 4.66. The van der Waals surface area contributed by atoms with Crippen LogP contribution in [0.2, 0.25) is 0 Å². The Bertz CT molecular complexity index is 793. The molecule has 0 aliphatic heterocycles. The van der Waals surface area contributed by atoms with Crippen molar-refractivity contribution in [2.45, 2.75) is 18.6 Å². The van der Waals surface area contributed by atoms with Crippen molar-refractivity contribution in [3.05, 3.63) is 95.7 Å². The van der Waals surface area contributed by atoms with Gasteiger partial charge in [0.2, 0.25) is 0 Å². The van der Waals surface area contributed by atoms with E-state index in [1.54, 1.807) is 11.8 Å². The van der Waals surface area contributed by atoms with E-state index in [1.807, 2.05) is 0 Å². The zero-order valence-corrected chi connectivity index (χ0v) is 17.0. The molecule has 1 unspecified atom stereocenters. The molecule has 0 fully saturated rings. The quantitative estimate of drug-likeness (QED) is 0.577. The first kappa shape index (κ1) is 18.9. The largest absolute Gasteiger partial charge is 0.378 e. The highest BCUT2D eigenvalue weighted by Gasteiger charge is 2.34. The van der Waals surface area contributed by atoms with E-state index in [-0.39, 0.29) is 5.41 Å². The number of thiocarbonyl (C=S) groups is 1. The first-order valence-corrected chi connectivity index (χ1v) is 10.3. The molecule has 0 heterocycles. The van der Waals surface area contributed by atoms with E-state index in [2.05, 4.69) is 97.9 Å². The molecule has 3 heteroatoms. The molecule has 134 valence electrons. The summed E-state index contributed by atoms with van der Waals surface area (Å²) in [6.45, 7) is 0. The number of allylic oxidation sites excluding steroid dienone is 3. The Hall–Kier alpha value is -1.84. The molecule has 2 aromatic rings. The number of rotatable bonds is 6. The molecule has 0 amide bonds. The second-order valence-corrected chi connectivity index (χ2v) is 8.59. The number of nitrogens with zero attached hydrogens (tertiary/aromatic N) is 1. The zero-order chi connectivity index (χ0) is 18.4. The fourth-order valence-electron chi connectivity index (χ4n) is 3.18. The van der Waals surface area contributed by atoms with Gasteiger partial charge in [-0.2, -0.15) is 0 Å². The van der Waals surface area contributed by atoms with Gasteiger partial charge in [0.1, 0.15) is 0 Å². The Labute approximate surface area is 166 Å². The summed E-state index contributed by atoms with van der Waals surface area (Å²) in [6, 6.07) is 21.3. The van der Waals surface area contributed by atoms with E-state index in [0.717, 1.165) is 22.8 Å². The third-order valence-electron chi connectivity index (χ3n) is 4.75. The molecular formula is C23H25NS2. The molecule has 0 saturated carbocycles. The van der Waals surface area contributed by atoms with Crippen LogP contribution >= 0.6 is 24.0 Å². The summed E-state index contributed by atoms with van der Waals surface area (Å²) in [7, 11) is 4.17. The van der Waals surface area contributed by atoms with E-state index in [9.17, 15) is 0 Å². The van der Waals surface area contributed by atoms with Crippen LogP contribution in [0.25, 0.3) is 0 Å². The van der Waals surface area contributed by atoms with E-state index < -0.39 is 0 Å². The molecule has 0 spiro atoms. The van der Waals surface area contributed by atoms with Gasteiger partial charge in [0.25, 0.3) is 0 Å². The molecule has 3 rings (SSSR count). The van der Waals surface area contributed by atoms with Gasteiger partial charge >= 0.3 is 0 Å². The van der Waals surface area contributed by atoms with E-state index in [4.69, 9.17) is 12.2 Å². The van der Waals surface area contributed by atoms with Gasteiger partial charge in [-0.25, -0.2) is 0 Å². The average molecular weight is 380 g/mol. The Balaban J connectivity index is 1.79. The molecule has 0 saturated heterocycles. The van der Waals surface area contributed by atoms with Crippen molar-refractivity contribution >= 4 is 28.2 Å². The first-order chi connectivity index (χ1) is 12.6. The number of benzene rings is 2. The second kappa shape index (κ2) is 8.70. The first-order valence-electron chi connectivity index (χ1n) is 8.91. The summed E-state index contributed by atoms with van der Waals surface area (Å²) < 4.78 is 1.08. The molecule has 1 nitrogen and oxygen atoms in total. The molecule has 26 heavy (non-hydrogen) atoms. The number of hydrogen-bond acceptors (Lipinski definition) is 3. The zero-order valence-electron chi connectivity index (χ0n) is 15.4. The van der Waals surface area contributed by atoms with E-state index in [0.29, 0.717) is 0 Å². The van der Waals surface area contributed by atoms with Crippen LogP contribution in [0.4, 0.5) is 0 Å². The molecule has 0 radical (unpaired) electrons. The van der Waals surface area contributed by atoms with Gasteiger partial charge in [0.05, 0.1) is 4.20 Å². The fourth-order valence-corrected chi connectivity index (χ4v) is 4.58. The summed E-state index contributed by atoms with van der Waals surface area (Å²) in [6.07, 6.45) is 8.77. The molecule has 0 aromatic heterocycles. The lowest BCUT2D eigenvalue weighted by Crippen LogP contribution is -2.30. The predicted octanol–water partition coefficient (Wildman–Crippen LogP) is 5.88. The minimum absolute atomic E-state index is 0.102. The summed E-state index contributed by atoms with van der Waals surface area (Å²) in [4.78, 5) is 2.16. The van der Waals surface area contributed by atoms with E-state index >= 15 is 0 Å². The normalized spacial score (nSPS) is 19.1. The van der Waals surface area contributed by atoms with Gasteiger partial charge in [-0.3, -0.25) is 0 Å².